The van der Waals surface area contributed by atoms with Gasteiger partial charge in [-0.2, -0.15) is 5.10 Å². The molecule has 0 radical (unpaired) electrons. The average Bonchev–Trinajstić information content (AvgIpc) is 2.95. The van der Waals surface area contributed by atoms with Crippen LogP contribution in [0.3, 0.4) is 0 Å². The number of carbonyl (C=O) groups is 2. The van der Waals surface area contributed by atoms with E-state index in [1.54, 1.807) is 49.4 Å². The van der Waals surface area contributed by atoms with E-state index < -0.39 is 17.8 Å². The number of carbonyl (C=O) groups excluding carboxylic acids is 2. The van der Waals surface area contributed by atoms with E-state index in [2.05, 4.69) is 10.4 Å². The first-order chi connectivity index (χ1) is 11.5. The van der Waals surface area contributed by atoms with Gasteiger partial charge in [-0.05, 0) is 12.5 Å². The van der Waals surface area contributed by atoms with E-state index in [0.717, 1.165) is 0 Å². The fraction of sp³-hybridized carbons (Fsp3) is 0.353. The summed E-state index contributed by atoms with van der Waals surface area (Å²) in [5.41, 5.74) is 0.939. The zero-order valence-corrected chi connectivity index (χ0v) is 13.6. The lowest BCUT2D eigenvalue weighted by Crippen LogP contribution is -2.44. The van der Waals surface area contributed by atoms with E-state index in [1.165, 1.54) is 11.0 Å². The van der Waals surface area contributed by atoms with Crippen molar-refractivity contribution in [2.45, 2.75) is 18.9 Å². The Hall–Kier alpha value is -2.70. The molecule has 2 aromatic rings. The second-order valence-corrected chi connectivity index (χ2v) is 6.01. The lowest BCUT2D eigenvalue weighted by Gasteiger charge is -2.38. The number of nitrogens with one attached hydrogen (secondary N) is 1. The predicted octanol–water partition coefficient (Wildman–Crippen LogP) is 2.11. The van der Waals surface area contributed by atoms with Crippen LogP contribution in [0.25, 0.3) is 0 Å². The Kier molecular flexibility index (Phi) is 4.33. The van der Waals surface area contributed by atoms with E-state index in [0.29, 0.717) is 17.7 Å². The lowest BCUT2D eigenvalue weighted by atomic mass is 9.83. The Labute approximate surface area is 139 Å². The first-order valence-electron chi connectivity index (χ1n) is 7.77. The summed E-state index contributed by atoms with van der Waals surface area (Å²) < 4.78 is 15.8. The maximum atomic E-state index is 14.3. The van der Waals surface area contributed by atoms with E-state index in [4.69, 9.17) is 0 Å². The molecule has 1 aliphatic heterocycles. The quantitative estimate of drug-likeness (QED) is 0.937. The van der Waals surface area contributed by atoms with Crippen molar-refractivity contribution in [1.29, 1.82) is 0 Å². The third-order valence-electron chi connectivity index (χ3n) is 4.39. The van der Waals surface area contributed by atoms with E-state index in [1.807, 2.05) is 0 Å². The van der Waals surface area contributed by atoms with Gasteiger partial charge in [-0.25, -0.2) is 4.39 Å². The van der Waals surface area contributed by atoms with Gasteiger partial charge in [-0.15, -0.1) is 0 Å². The van der Waals surface area contributed by atoms with E-state index >= 15 is 0 Å². The molecule has 0 aliphatic carbocycles. The van der Waals surface area contributed by atoms with Gasteiger partial charge in [0.1, 0.15) is 5.82 Å². The maximum absolute atomic E-state index is 14.3. The number of likely N-dealkylation sites (tertiary alicyclic amines) is 1. The van der Waals surface area contributed by atoms with E-state index in [-0.39, 0.29) is 18.2 Å². The van der Waals surface area contributed by atoms with Crippen molar-refractivity contribution in [2.75, 3.05) is 12.4 Å². The summed E-state index contributed by atoms with van der Waals surface area (Å²) in [6, 6.07) is 5.65. The molecule has 7 heteroatoms. The predicted molar refractivity (Wildman–Crippen MR) is 86.5 cm³/mol. The van der Waals surface area contributed by atoms with Gasteiger partial charge in [-0.3, -0.25) is 14.3 Å². The number of hydrogen-bond acceptors (Lipinski definition) is 3. The summed E-state index contributed by atoms with van der Waals surface area (Å²) in [6.45, 7) is 0. The molecular weight excluding hydrogens is 311 g/mol. The molecular formula is C17H19FN4O2. The van der Waals surface area contributed by atoms with Gasteiger partial charge in [0.2, 0.25) is 11.8 Å². The fourth-order valence-corrected chi connectivity index (χ4v) is 3.17. The van der Waals surface area contributed by atoms with Crippen molar-refractivity contribution in [1.82, 2.24) is 14.7 Å². The van der Waals surface area contributed by atoms with Crippen LogP contribution in [-0.2, 0) is 16.6 Å². The highest BCUT2D eigenvalue weighted by molar-refractivity contribution is 5.94. The molecule has 1 aromatic heterocycles. The Bertz CT molecular complexity index is 773. The largest absolute Gasteiger partial charge is 0.338 e. The number of rotatable bonds is 3. The molecule has 3 rings (SSSR count). The van der Waals surface area contributed by atoms with Gasteiger partial charge in [-0.1, -0.05) is 18.2 Å². The fourth-order valence-electron chi connectivity index (χ4n) is 3.17. The average molecular weight is 330 g/mol. The normalized spacial score (nSPS) is 21.0. The Morgan fingerprint density at radius 2 is 2.08 bits per heavy atom. The summed E-state index contributed by atoms with van der Waals surface area (Å²) in [6.07, 6.45) is 3.89. The second kappa shape index (κ2) is 6.43. The van der Waals surface area contributed by atoms with Crippen LogP contribution in [0.15, 0.2) is 36.7 Å². The molecule has 2 amide bonds. The van der Waals surface area contributed by atoms with Crippen LogP contribution in [0.1, 0.15) is 24.4 Å². The zero-order chi connectivity index (χ0) is 17.3. The van der Waals surface area contributed by atoms with Crippen LogP contribution >= 0.6 is 0 Å². The summed E-state index contributed by atoms with van der Waals surface area (Å²) >= 11 is 0. The summed E-state index contributed by atoms with van der Waals surface area (Å²) in [5.74, 6) is -1.27. The van der Waals surface area contributed by atoms with Crippen LogP contribution in [0.2, 0.25) is 0 Å². The minimum absolute atomic E-state index is 0.0892. The summed E-state index contributed by atoms with van der Waals surface area (Å²) in [7, 11) is 3.37. The molecule has 0 saturated carbocycles. The summed E-state index contributed by atoms with van der Waals surface area (Å²) in [5, 5.41) is 6.81. The van der Waals surface area contributed by atoms with Gasteiger partial charge in [0.05, 0.1) is 23.8 Å². The van der Waals surface area contributed by atoms with Crippen molar-refractivity contribution >= 4 is 17.5 Å². The van der Waals surface area contributed by atoms with Crippen LogP contribution in [0, 0.1) is 11.7 Å². The molecule has 1 N–H and O–H groups in total. The zero-order valence-electron chi connectivity index (χ0n) is 13.6. The lowest BCUT2D eigenvalue weighted by molar-refractivity contribution is -0.140. The number of halogens is 1. The number of nitrogens with zero attached hydrogens (tertiary/aromatic N) is 3. The van der Waals surface area contributed by atoms with Crippen molar-refractivity contribution in [3.63, 3.8) is 0 Å². The monoisotopic (exact) mass is 330 g/mol. The van der Waals surface area contributed by atoms with Crippen LogP contribution in [0.4, 0.5) is 10.1 Å². The summed E-state index contributed by atoms with van der Waals surface area (Å²) in [4.78, 5) is 26.3. The Morgan fingerprint density at radius 1 is 1.33 bits per heavy atom. The van der Waals surface area contributed by atoms with Crippen molar-refractivity contribution < 1.29 is 14.0 Å². The number of aromatic nitrogens is 2. The third-order valence-corrected chi connectivity index (χ3v) is 4.39. The standard InChI is InChI=1S/C17H19FN4O2/c1-21-10-11(9-19-21)20-17(24)13-7-8-15(23)22(2)16(13)12-5-3-4-6-14(12)18/h3-6,9-10,13,16H,7-8H2,1-2H3,(H,20,24)/t13-,16+/m0/s1. The van der Waals surface area contributed by atoms with Gasteiger partial charge in [0.25, 0.3) is 0 Å². The highest BCUT2D eigenvalue weighted by Gasteiger charge is 2.40. The highest BCUT2D eigenvalue weighted by Crippen LogP contribution is 2.37. The molecule has 0 unspecified atom stereocenters. The molecule has 2 heterocycles. The van der Waals surface area contributed by atoms with Gasteiger partial charge < -0.3 is 10.2 Å². The highest BCUT2D eigenvalue weighted by atomic mass is 19.1. The minimum atomic E-state index is -0.621. The molecule has 126 valence electrons. The topological polar surface area (TPSA) is 67.2 Å². The molecule has 0 spiro atoms. The first kappa shape index (κ1) is 16.2. The minimum Gasteiger partial charge on any atom is -0.338 e. The number of aryl methyl sites for hydroxylation is 1. The van der Waals surface area contributed by atoms with Crippen molar-refractivity contribution in [2.24, 2.45) is 13.0 Å². The van der Waals surface area contributed by atoms with Crippen LogP contribution in [0.5, 0.6) is 0 Å². The van der Waals surface area contributed by atoms with Crippen molar-refractivity contribution in [3.05, 3.63) is 48.0 Å². The number of piperidine rings is 1. The maximum Gasteiger partial charge on any atom is 0.230 e. The Balaban J connectivity index is 1.90. The molecule has 0 bridgehead atoms. The van der Waals surface area contributed by atoms with Crippen molar-refractivity contribution in [3.8, 4) is 0 Å². The van der Waals surface area contributed by atoms with Gasteiger partial charge in [0.15, 0.2) is 0 Å². The molecule has 1 saturated heterocycles. The number of benzene rings is 1. The first-order valence-corrected chi connectivity index (χ1v) is 7.77. The number of anilines is 1. The van der Waals surface area contributed by atoms with E-state index in [9.17, 15) is 14.0 Å². The van der Waals surface area contributed by atoms with Crippen LogP contribution < -0.4 is 5.32 Å². The smallest absolute Gasteiger partial charge is 0.230 e. The second-order valence-electron chi connectivity index (χ2n) is 6.01. The molecule has 1 fully saturated rings. The molecule has 2 atom stereocenters. The Morgan fingerprint density at radius 3 is 2.75 bits per heavy atom. The van der Waals surface area contributed by atoms with Gasteiger partial charge in [0, 0.05) is 32.3 Å². The molecule has 6 nitrogen and oxygen atoms in total. The molecule has 24 heavy (non-hydrogen) atoms. The SMILES string of the molecule is CN1C(=O)CC[C@H](C(=O)Nc2cnn(C)c2)[C@H]1c1ccccc1F. The molecule has 1 aromatic carbocycles. The number of amides is 2. The van der Waals surface area contributed by atoms with Crippen LogP contribution in [-0.4, -0.2) is 33.5 Å². The third kappa shape index (κ3) is 3.02. The molecule has 1 aliphatic rings. The number of hydrogen-bond donors (Lipinski definition) is 1. The van der Waals surface area contributed by atoms with Gasteiger partial charge >= 0.3 is 0 Å².